The van der Waals surface area contributed by atoms with E-state index in [1.165, 1.54) is 25.7 Å². The third-order valence-corrected chi connectivity index (χ3v) is 3.02. The molecule has 2 N–H and O–H groups in total. The van der Waals surface area contributed by atoms with Crippen molar-refractivity contribution in [2.24, 2.45) is 0 Å². The first-order valence-electron chi connectivity index (χ1n) is 5.86. The van der Waals surface area contributed by atoms with E-state index < -0.39 is 0 Å². The lowest BCUT2D eigenvalue weighted by atomic mass is 10.2. The van der Waals surface area contributed by atoms with Gasteiger partial charge in [0.05, 0.1) is 6.54 Å². The zero-order valence-electron chi connectivity index (χ0n) is 9.88. The summed E-state index contributed by atoms with van der Waals surface area (Å²) in [5.74, 6) is 0.192. The minimum absolute atomic E-state index is 0.192. The molecule has 0 aromatic rings. The fourth-order valence-electron chi connectivity index (χ4n) is 1.90. The predicted molar refractivity (Wildman–Crippen MR) is 61.8 cm³/mol. The number of likely N-dealkylation sites (N-methyl/N-ethyl adjacent to an activating group) is 2. The Morgan fingerprint density at radius 2 is 2.07 bits per heavy atom. The van der Waals surface area contributed by atoms with E-state index in [4.69, 9.17) is 0 Å². The lowest BCUT2D eigenvalue weighted by Gasteiger charge is -2.19. The van der Waals surface area contributed by atoms with Gasteiger partial charge >= 0.3 is 0 Å². The highest BCUT2D eigenvalue weighted by atomic mass is 16.2. The maximum Gasteiger partial charge on any atom is 0.236 e. The highest BCUT2D eigenvalue weighted by Crippen LogP contribution is 2.17. The van der Waals surface area contributed by atoms with Gasteiger partial charge in [-0.1, -0.05) is 12.8 Å². The van der Waals surface area contributed by atoms with Crippen LogP contribution < -0.4 is 10.6 Å². The third kappa shape index (κ3) is 4.62. The summed E-state index contributed by atoms with van der Waals surface area (Å²) in [6, 6.07) is 0.576. The number of carbonyl (C=O) groups is 1. The van der Waals surface area contributed by atoms with E-state index in [9.17, 15) is 4.79 Å². The molecule has 0 saturated heterocycles. The number of amides is 1. The Kier molecular flexibility index (Phi) is 5.65. The van der Waals surface area contributed by atoms with Crippen molar-refractivity contribution in [3.63, 3.8) is 0 Å². The minimum atomic E-state index is 0.192. The first-order valence-corrected chi connectivity index (χ1v) is 5.86. The summed E-state index contributed by atoms with van der Waals surface area (Å²) in [6.07, 6.45) is 5.07. The molecule has 1 fully saturated rings. The van der Waals surface area contributed by atoms with Gasteiger partial charge in [-0.3, -0.25) is 4.79 Å². The van der Waals surface area contributed by atoms with Crippen LogP contribution in [-0.2, 0) is 4.79 Å². The summed E-state index contributed by atoms with van der Waals surface area (Å²) in [6.45, 7) is 2.12. The van der Waals surface area contributed by atoms with Crippen LogP contribution in [0.25, 0.3) is 0 Å². The van der Waals surface area contributed by atoms with Crippen molar-refractivity contribution in [1.82, 2.24) is 15.5 Å². The molecule has 1 rings (SSSR count). The standard InChI is InChI=1S/C11H23N3O/c1-12-7-8-14(2)11(15)9-13-10-5-3-4-6-10/h10,12-13H,3-9H2,1-2H3. The molecule has 0 radical (unpaired) electrons. The lowest BCUT2D eigenvalue weighted by molar-refractivity contribution is -0.129. The Hall–Kier alpha value is -0.610. The number of hydrogen-bond acceptors (Lipinski definition) is 3. The van der Waals surface area contributed by atoms with Crippen molar-refractivity contribution >= 4 is 5.91 Å². The molecule has 15 heavy (non-hydrogen) atoms. The summed E-state index contributed by atoms with van der Waals surface area (Å²) in [7, 11) is 3.76. The van der Waals surface area contributed by atoms with Gasteiger partial charge in [0.25, 0.3) is 0 Å². The van der Waals surface area contributed by atoms with E-state index in [-0.39, 0.29) is 5.91 Å². The third-order valence-electron chi connectivity index (χ3n) is 3.02. The Balaban J connectivity index is 2.11. The number of nitrogens with zero attached hydrogens (tertiary/aromatic N) is 1. The van der Waals surface area contributed by atoms with Gasteiger partial charge in [-0.05, 0) is 19.9 Å². The van der Waals surface area contributed by atoms with E-state index in [0.717, 1.165) is 13.1 Å². The van der Waals surface area contributed by atoms with Crippen LogP contribution >= 0.6 is 0 Å². The number of hydrogen-bond donors (Lipinski definition) is 2. The van der Waals surface area contributed by atoms with Gasteiger partial charge in [0, 0.05) is 26.2 Å². The van der Waals surface area contributed by atoms with Crippen LogP contribution in [-0.4, -0.2) is 50.6 Å². The van der Waals surface area contributed by atoms with Gasteiger partial charge in [-0.2, -0.15) is 0 Å². The number of nitrogens with one attached hydrogen (secondary N) is 2. The van der Waals surface area contributed by atoms with E-state index in [1.807, 2.05) is 14.1 Å². The fourth-order valence-corrected chi connectivity index (χ4v) is 1.90. The van der Waals surface area contributed by atoms with Gasteiger partial charge in [0.1, 0.15) is 0 Å². The maximum atomic E-state index is 11.6. The summed E-state index contributed by atoms with van der Waals surface area (Å²) in [5.41, 5.74) is 0. The molecule has 4 nitrogen and oxygen atoms in total. The van der Waals surface area contributed by atoms with Crippen molar-refractivity contribution in [2.75, 3.05) is 33.7 Å². The van der Waals surface area contributed by atoms with Crippen LogP contribution in [0.15, 0.2) is 0 Å². The Bertz CT molecular complexity index is 190. The van der Waals surface area contributed by atoms with Crippen LogP contribution in [0.2, 0.25) is 0 Å². The van der Waals surface area contributed by atoms with Gasteiger partial charge in [-0.15, -0.1) is 0 Å². The van der Waals surface area contributed by atoms with Crippen LogP contribution in [0, 0.1) is 0 Å². The molecular formula is C11H23N3O. The molecule has 0 bridgehead atoms. The molecule has 0 heterocycles. The van der Waals surface area contributed by atoms with E-state index in [1.54, 1.807) is 4.90 Å². The number of carbonyl (C=O) groups excluding carboxylic acids is 1. The molecule has 1 aliphatic carbocycles. The molecule has 0 aliphatic heterocycles. The van der Waals surface area contributed by atoms with E-state index in [2.05, 4.69) is 10.6 Å². The molecule has 1 saturated carbocycles. The highest BCUT2D eigenvalue weighted by molar-refractivity contribution is 5.77. The topological polar surface area (TPSA) is 44.4 Å². The lowest BCUT2D eigenvalue weighted by Crippen LogP contribution is -2.41. The first-order chi connectivity index (χ1) is 7.24. The summed E-state index contributed by atoms with van der Waals surface area (Å²) < 4.78 is 0. The molecule has 0 aromatic carbocycles. The molecule has 0 atom stereocenters. The van der Waals surface area contributed by atoms with Crippen LogP contribution in [0.3, 0.4) is 0 Å². The molecule has 0 unspecified atom stereocenters. The average Bonchev–Trinajstić information content (AvgIpc) is 2.75. The predicted octanol–water partition coefficient (Wildman–Crippen LogP) is 0.196. The monoisotopic (exact) mass is 213 g/mol. The second-order valence-electron chi connectivity index (χ2n) is 4.28. The summed E-state index contributed by atoms with van der Waals surface area (Å²) in [4.78, 5) is 13.4. The Morgan fingerprint density at radius 1 is 1.40 bits per heavy atom. The molecule has 4 heteroatoms. The normalized spacial score (nSPS) is 16.9. The molecule has 0 spiro atoms. The Labute approximate surface area is 92.4 Å². The van der Waals surface area contributed by atoms with Crippen molar-refractivity contribution < 1.29 is 4.79 Å². The van der Waals surface area contributed by atoms with Crippen molar-refractivity contribution in [3.8, 4) is 0 Å². The average molecular weight is 213 g/mol. The van der Waals surface area contributed by atoms with Gasteiger partial charge in [-0.25, -0.2) is 0 Å². The maximum absolute atomic E-state index is 11.6. The van der Waals surface area contributed by atoms with E-state index in [0.29, 0.717) is 12.6 Å². The van der Waals surface area contributed by atoms with E-state index >= 15 is 0 Å². The van der Waals surface area contributed by atoms with Crippen molar-refractivity contribution in [1.29, 1.82) is 0 Å². The second kappa shape index (κ2) is 6.80. The Morgan fingerprint density at radius 3 is 2.67 bits per heavy atom. The van der Waals surface area contributed by atoms with Gasteiger partial charge in [0.2, 0.25) is 5.91 Å². The summed E-state index contributed by atoms with van der Waals surface area (Å²) in [5, 5.41) is 6.36. The zero-order valence-corrected chi connectivity index (χ0v) is 9.88. The molecule has 88 valence electrons. The zero-order chi connectivity index (χ0) is 11.1. The first kappa shape index (κ1) is 12.5. The second-order valence-corrected chi connectivity index (χ2v) is 4.28. The van der Waals surface area contributed by atoms with Crippen LogP contribution in [0.1, 0.15) is 25.7 Å². The van der Waals surface area contributed by atoms with Gasteiger partial charge in [0.15, 0.2) is 0 Å². The van der Waals surface area contributed by atoms with Crippen LogP contribution in [0.4, 0.5) is 0 Å². The molecular weight excluding hydrogens is 190 g/mol. The number of rotatable bonds is 6. The summed E-state index contributed by atoms with van der Waals surface area (Å²) >= 11 is 0. The van der Waals surface area contributed by atoms with Gasteiger partial charge < -0.3 is 15.5 Å². The minimum Gasteiger partial charge on any atom is -0.343 e. The fraction of sp³-hybridized carbons (Fsp3) is 0.909. The molecule has 1 amide bonds. The SMILES string of the molecule is CNCCN(C)C(=O)CNC1CCCC1. The molecule has 1 aliphatic rings. The quantitative estimate of drug-likeness (QED) is 0.662. The van der Waals surface area contributed by atoms with Crippen LogP contribution in [0.5, 0.6) is 0 Å². The molecule has 0 aromatic heterocycles. The largest absolute Gasteiger partial charge is 0.343 e. The van der Waals surface area contributed by atoms with Crippen molar-refractivity contribution in [2.45, 2.75) is 31.7 Å². The van der Waals surface area contributed by atoms with Crippen molar-refractivity contribution in [3.05, 3.63) is 0 Å². The highest BCUT2D eigenvalue weighted by Gasteiger charge is 2.16. The smallest absolute Gasteiger partial charge is 0.236 e.